The molecule has 160 valence electrons. The standard InChI is InChI=1S/C22H27ClFN5O/c1-25-20-16-4-2-3-5-19(16)28-22(29-20)27-15-9-7-14(8-10-15)26-21(30)13-6-11-18(24)17(23)12-13/h6,11-12,14-15H,2-5,7-10H2,1H3,(H,26,30)(H2,25,27,28,29). The topological polar surface area (TPSA) is 78.9 Å². The number of carbonyl (C=O) groups is 1. The fraction of sp³-hybridized carbons (Fsp3) is 0.500. The molecule has 30 heavy (non-hydrogen) atoms. The Bertz CT molecular complexity index is 913. The van der Waals surface area contributed by atoms with E-state index in [2.05, 4.69) is 20.9 Å². The molecule has 0 spiro atoms. The van der Waals surface area contributed by atoms with Gasteiger partial charge in [0.15, 0.2) is 0 Å². The van der Waals surface area contributed by atoms with Crippen molar-refractivity contribution >= 4 is 29.3 Å². The van der Waals surface area contributed by atoms with Crippen molar-refractivity contribution in [1.82, 2.24) is 15.3 Å². The van der Waals surface area contributed by atoms with Crippen LogP contribution in [0.5, 0.6) is 0 Å². The number of aromatic nitrogens is 2. The second-order valence-corrected chi connectivity index (χ2v) is 8.48. The van der Waals surface area contributed by atoms with E-state index in [1.165, 1.54) is 36.6 Å². The van der Waals surface area contributed by atoms with Gasteiger partial charge in [0.05, 0.1) is 10.7 Å². The fourth-order valence-corrected chi connectivity index (χ4v) is 4.52. The van der Waals surface area contributed by atoms with Crippen LogP contribution in [0.4, 0.5) is 16.2 Å². The maximum atomic E-state index is 13.3. The highest BCUT2D eigenvalue weighted by Crippen LogP contribution is 2.28. The molecule has 1 saturated carbocycles. The number of amides is 1. The van der Waals surface area contributed by atoms with Crippen molar-refractivity contribution in [3.63, 3.8) is 0 Å². The van der Waals surface area contributed by atoms with Gasteiger partial charge in [-0.05, 0) is 69.6 Å². The van der Waals surface area contributed by atoms with Gasteiger partial charge in [0.1, 0.15) is 11.6 Å². The zero-order valence-electron chi connectivity index (χ0n) is 17.1. The van der Waals surface area contributed by atoms with Gasteiger partial charge >= 0.3 is 0 Å². The van der Waals surface area contributed by atoms with E-state index in [9.17, 15) is 9.18 Å². The van der Waals surface area contributed by atoms with Crippen LogP contribution in [-0.4, -0.2) is 35.0 Å². The Morgan fingerprint density at radius 2 is 1.83 bits per heavy atom. The quantitative estimate of drug-likeness (QED) is 0.656. The lowest BCUT2D eigenvalue weighted by Gasteiger charge is -2.30. The van der Waals surface area contributed by atoms with Crippen molar-refractivity contribution in [2.24, 2.45) is 0 Å². The second-order valence-electron chi connectivity index (χ2n) is 8.07. The number of benzene rings is 1. The normalized spacial score (nSPS) is 20.9. The summed E-state index contributed by atoms with van der Waals surface area (Å²) in [5.41, 5.74) is 2.78. The molecule has 2 aliphatic rings. The highest BCUT2D eigenvalue weighted by atomic mass is 35.5. The first-order valence-corrected chi connectivity index (χ1v) is 11.0. The lowest BCUT2D eigenvalue weighted by molar-refractivity contribution is 0.0926. The third kappa shape index (κ3) is 4.67. The summed E-state index contributed by atoms with van der Waals surface area (Å²) in [6.45, 7) is 0. The molecule has 0 aliphatic heterocycles. The van der Waals surface area contributed by atoms with E-state index in [4.69, 9.17) is 16.6 Å². The molecule has 2 aliphatic carbocycles. The van der Waals surface area contributed by atoms with Crippen LogP contribution in [0.3, 0.4) is 0 Å². The zero-order chi connectivity index (χ0) is 21.1. The van der Waals surface area contributed by atoms with Crippen LogP contribution in [0.15, 0.2) is 18.2 Å². The summed E-state index contributed by atoms with van der Waals surface area (Å²) < 4.78 is 13.3. The predicted molar refractivity (Wildman–Crippen MR) is 117 cm³/mol. The second kappa shape index (κ2) is 9.16. The maximum Gasteiger partial charge on any atom is 0.251 e. The van der Waals surface area contributed by atoms with E-state index in [0.717, 1.165) is 50.0 Å². The Morgan fingerprint density at radius 1 is 1.10 bits per heavy atom. The number of carbonyl (C=O) groups excluding carboxylic acids is 1. The highest BCUT2D eigenvalue weighted by molar-refractivity contribution is 6.31. The smallest absolute Gasteiger partial charge is 0.251 e. The van der Waals surface area contributed by atoms with Crippen molar-refractivity contribution in [2.45, 2.75) is 63.5 Å². The van der Waals surface area contributed by atoms with Crippen LogP contribution in [0.2, 0.25) is 5.02 Å². The number of halogens is 2. The van der Waals surface area contributed by atoms with Crippen molar-refractivity contribution in [3.8, 4) is 0 Å². The molecular weight excluding hydrogens is 405 g/mol. The number of anilines is 2. The lowest BCUT2D eigenvalue weighted by Crippen LogP contribution is -2.40. The van der Waals surface area contributed by atoms with Gasteiger partial charge in [-0.1, -0.05) is 11.6 Å². The Labute approximate surface area is 181 Å². The molecule has 0 radical (unpaired) electrons. The average molecular weight is 432 g/mol. The van der Waals surface area contributed by atoms with Gasteiger partial charge in [0, 0.05) is 30.3 Å². The molecule has 1 aromatic heterocycles. The Balaban J connectivity index is 1.32. The summed E-state index contributed by atoms with van der Waals surface area (Å²) in [7, 11) is 1.91. The van der Waals surface area contributed by atoms with Gasteiger partial charge in [-0.15, -0.1) is 0 Å². The zero-order valence-corrected chi connectivity index (χ0v) is 17.9. The van der Waals surface area contributed by atoms with E-state index in [-0.39, 0.29) is 23.0 Å². The van der Waals surface area contributed by atoms with Crippen molar-refractivity contribution in [2.75, 3.05) is 17.7 Å². The molecule has 0 saturated heterocycles. The molecule has 1 fully saturated rings. The molecule has 0 unspecified atom stereocenters. The fourth-order valence-electron chi connectivity index (χ4n) is 4.34. The molecule has 6 nitrogen and oxygen atoms in total. The van der Waals surface area contributed by atoms with E-state index in [0.29, 0.717) is 11.5 Å². The molecule has 2 aromatic rings. The van der Waals surface area contributed by atoms with Gasteiger partial charge in [0.25, 0.3) is 5.91 Å². The molecule has 1 heterocycles. The summed E-state index contributed by atoms with van der Waals surface area (Å²) in [5, 5.41) is 9.70. The number of rotatable bonds is 5. The largest absolute Gasteiger partial charge is 0.373 e. The van der Waals surface area contributed by atoms with Crippen molar-refractivity contribution < 1.29 is 9.18 Å². The summed E-state index contributed by atoms with van der Waals surface area (Å²) in [5.74, 6) is 0.880. The van der Waals surface area contributed by atoms with Crippen LogP contribution < -0.4 is 16.0 Å². The van der Waals surface area contributed by atoms with Gasteiger partial charge in [-0.3, -0.25) is 4.79 Å². The molecule has 1 aromatic carbocycles. The molecule has 3 N–H and O–H groups in total. The molecular formula is C22H27ClFN5O. The Kier molecular flexibility index (Phi) is 6.37. The predicted octanol–water partition coefficient (Wildman–Crippen LogP) is 4.34. The van der Waals surface area contributed by atoms with Crippen LogP contribution in [0.25, 0.3) is 0 Å². The molecule has 8 heteroatoms. The minimum atomic E-state index is -0.523. The van der Waals surface area contributed by atoms with Gasteiger partial charge in [-0.25, -0.2) is 9.37 Å². The highest BCUT2D eigenvalue weighted by Gasteiger charge is 2.24. The first-order chi connectivity index (χ1) is 14.5. The number of aryl methyl sites for hydroxylation is 1. The monoisotopic (exact) mass is 431 g/mol. The maximum absolute atomic E-state index is 13.3. The molecule has 0 bridgehead atoms. The first kappa shape index (κ1) is 20.8. The van der Waals surface area contributed by atoms with Gasteiger partial charge in [0.2, 0.25) is 5.95 Å². The summed E-state index contributed by atoms with van der Waals surface area (Å²) in [6.07, 6.45) is 7.98. The van der Waals surface area contributed by atoms with Gasteiger partial charge < -0.3 is 16.0 Å². The minimum Gasteiger partial charge on any atom is -0.373 e. The molecule has 0 atom stereocenters. The summed E-state index contributed by atoms with van der Waals surface area (Å²) in [6, 6.07) is 4.42. The van der Waals surface area contributed by atoms with Gasteiger partial charge in [-0.2, -0.15) is 4.98 Å². The third-order valence-corrected chi connectivity index (χ3v) is 6.29. The number of hydrogen-bond acceptors (Lipinski definition) is 5. The van der Waals surface area contributed by atoms with Crippen molar-refractivity contribution in [3.05, 3.63) is 45.9 Å². The lowest BCUT2D eigenvalue weighted by atomic mass is 9.91. The van der Waals surface area contributed by atoms with Crippen LogP contribution in [0, 0.1) is 5.82 Å². The SMILES string of the molecule is CNc1nc(NC2CCC(NC(=O)c3ccc(F)c(Cl)c3)CC2)nc2c1CCCC2. The summed E-state index contributed by atoms with van der Waals surface area (Å²) in [4.78, 5) is 21.9. The van der Waals surface area contributed by atoms with E-state index in [1.54, 1.807) is 0 Å². The number of fused-ring (bicyclic) bond motifs is 1. The third-order valence-electron chi connectivity index (χ3n) is 6.00. The van der Waals surface area contributed by atoms with E-state index < -0.39 is 5.82 Å². The first-order valence-electron chi connectivity index (χ1n) is 10.6. The van der Waals surface area contributed by atoms with E-state index >= 15 is 0 Å². The average Bonchev–Trinajstić information content (AvgIpc) is 2.76. The van der Waals surface area contributed by atoms with E-state index in [1.807, 2.05) is 7.05 Å². The van der Waals surface area contributed by atoms with Crippen LogP contribution in [-0.2, 0) is 12.8 Å². The Hall–Kier alpha value is -2.41. The number of nitrogens with one attached hydrogen (secondary N) is 3. The minimum absolute atomic E-state index is 0.0402. The summed E-state index contributed by atoms with van der Waals surface area (Å²) >= 11 is 5.78. The van der Waals surface area contributed by atoms with Crippen molar-refractivity contribution in [1.29, 1.82) is 0 Å². The van der Waals surface area contributed by atoms with Crippen LogP contribution >= 0.6 is 11.6 Å². The number of hydrogen-bond donors (Lipinski definition) is 3. The number of nitrogens with zero attached hydrogens (tertiary/aromatic N) is 2. The molecule has 1 amide bonds. The Morgan fingerprint density at radius 3 is 2.57 bits per heavy atom. The molecule has 4 rings (SSSR count). The van der Waals surface area contributed by atoms with Crippen LogP contribution in [0.1, 0.15) is 60.1 Å².